The molecular formula is C14H22FNO2. The Morgan fingerprint density at radius 1 is 1.28 bits per heavy atom. The first-order valence-electron chi connectivity index (χ1n) is 6.24. The van der Waals surface area contributed by atoms with Gasteiger partial charge in [0, 0.05) is 13.7 Å². The highest BCUT2D eigenvalue weighted by Crippen LogP contribution is 2.18. The molecule has 102 valence electrons. The predicted octanol–water partition coefficient (Wildman–Crippen LogP) is 2.60. The van der Waals surface area contributed by atoms with Gasteiger partial charge < -0.3 is 14.8 Å². The van der Waals surface area contributed by atoms with Crippen LogP contribution in [0.5, 0.6) is 5.75 Å². The van der Waals surface area contributed by atoms with Crippen LogP contribution in [0.3, 0.4) is 0 Å². The zero-order valence-corrected chi connectivity index (χ0v) is 11.3. The van der Waals surface area contributed by atoms with E-state index >= 15 is 0 Å². The molecule has 0 saturated heterocycles. The maximum Gasteiger partial charge on any atom is 0.165 e. The van der Waals surface area contributed by atoms with Gasteiger partial charge in [-0.05, 0) is 30.2 Å². The molecule has 0 amide bonds. The van der Waals surface area contributed by atoms with E-state index in [0.29, 0.717) is 25.7 Å². The lowest BCUT2D eigenvalue weighted by Gasteiger charge is -2.10. The second-order valence-corrected chi connectivity index (χ2v) is 4.63. The molecular weight excluding hydrogens is 233 g/mol. The summed E-state index contributed by atoms with van der Waals surface area (Å²) in [4.78, 5) is 0. The summed E-state index contributed by atoms with van der Waals surface area (Å²) < 4.78 is 23.8. The summed E-state index contributed by atoms with van der Waals surface area (Å²) in [5.74, 6) is 0.543. The van der Waals surface area contributed by atoms with Crippen molar-refractivity contribution in [3.8, 4) is 5.75 Å². The number of benzene rings is 1. The lowest BCUT2D eigenvalue weighted by Crippen LogP contribution is -2.19. The molecule has 0 aliphatic heterocycles. The highest BCUT2D eigenvalue weighted by Gasteiger charge is 2.04. The Balaban J connectivity index is 2.45. The Labute approximate surface area is 108 Å². The van der Waals surface area contributed by atoms with Crippen LogP contribution < -0.4 is 10.1 Å². The molecule has 1 rings (SSSR count). The summed E-state index contributed by atoms with van der Waals surface area (Å²) in [6, 6.07) is 5.05. The highest BCUT2D eigenvalue weighted by molar-refractivity contribution is 5.29. The molecule has 0 unspecified atom stereocenters. The fraction of sp³-hybridized carbons (Fsp3) is 0.571. The summed E-state index contributed by atoms with van der Waals surface area (Å²) >= 11 is 0. The van der Waals surface area contributed by atoms with Gasteiger partial charge in [0.05, 0.1) is 6.61 Å². The fourth-order valence-corrected chi connectivity index (χ4v) is 1.51. The number of rotatable bonds is 8. The van der Waals surface area contributed by atoms with Crippen LogP contribution in [-0.4, -0.2) is 26.9 Å². The Morgan fingerprint density at radius 2 is 2.06 bits per heavy atom. The Hall–Kier alpha value is -1.13. The summed E-state index contributed by atoms with van der Waals surface area (Å²) in [6.07, 6.45) is 0. The molecule has 0 aromatic heterocycles. The maximum atomic E-state index is 13.7. The lowest BCUT2D eigenvalue weighted by molar-refractivity contribution is 0.144. The molecule has 0 fully saturated rings. The van der Waals surface area contributed by atoms with Gasteiger partial charge in [0.2, 0.25) is 0 Å². The zero-order valence-electron chi connectivity index (χ0n) is 11.3. The van der Waals surface area contributed by atoms with Crippen LogP contribution in [0.4, 0.5) is 4.39 Å². The van der Waals surface area contributed by atoms with Crippen LogP contribution >= 0.6 is 0 Å². The molecule has 0 heterocycles. The molecule has 0 atom stereocenters. The van der Waals surface area contributed by atoms with E-state index < -0.39 is 0 Å². The van der Waals surface area contributed by atoms with Crippen LogP contribution in [-0.2, 0) is 11.3 Å². The van der Waals surface area contributed by atoms with E-state index in [0.717, 1.165) is 12.1 Å². The second-order valence-electron chi connectivity index (χ2n) is 4.63. The second kappa shape index (κ2) is 8.06. The van der Waals surface area contributed by atoms with E-state index in [1.165, 1.54) is 6.07 Å². The molecule has 0 bridgehead atoms. The Kier molecular flexibility index (Phi) is 6.68. The topological polar surface area (TPSA) is 30.5 Å². The van der Waals surface area contributed by atoms with E-state index in [-0.39, 0.29) is 11.6 Å². The summed E-state index contributed by atoms with van der Waals surface area (Å²) in [5.41, 5.74) is 0.923. The molecule has 0 saturated carbocycles. The standard InChI is InChI=1S/C14H22FNO2/c1-11(2)9-16-10-12-4-5-14(13(15)8-12)18-7-6-17-3/h4-5,8,11,16H,6-7,9-10H2,1-3H3. The number of halogens is 1. The first-order chi connectivity index (χ1) is 8.63. The molecule has 1 N–H and O–H groups in total. The zero-order chi connectivity index (χ0) is 13.4. The van der Waals surface area contributed by atoms with Crippen LogP contribution in [0, 0.1) is 11.7 Å². The van der Waals surface area contributed by atoms with Crippen molar-refractivity contribution in [3.05, 3.63) is 29.6 Å². The number of nitrogens with one attached hydrogen (secondary N) is 1. The van der Waals surface area contributed by atoms with Crippen molar-refractivity contribution in [1.29, 1.82) is 0 Å². The van der Waals surface area contributed by atoms with Crippen LogP contribution in [0.2, 0.25) is 0 Å². The van der Waals surface area contributed by atoms with Gasteiger partial charge in [-0.3, -0.25) is 0 Å². The molecule has 0 aliphatic carbocycles. The van der Waals surface area contributed by atoms with Crippen LogP contribution in [0.25, 0.3) is 0 Å². The molecule has 18 heavy (non-hydrogen) atoms. The number of ether oxygens (including phenoxy) is 2. The van der Waals surface area contributed by atoms with Crippen molar-refractivity contribution < 1.29 is 13.9 Å². The summed E-state index contributed by atoms with van der Waals surface area (Å²) in [5, 5.41) is 3.27. The van der Waals surface area contributed by atoms with Crippen molar-refractivity contribution in [1.82, 2.24) is 5.32 Å². The van der Waals surface area contributed by atoms with E-state index in [4.69, 9.17) is 9.47 Å². The van der Waals surface area contributed by atoms with Gasteiger partial charge in [0.15, 0.2) is 11.6 Å². The minimum absolute atomic E-state index is 0.277. The average molecular weight is 255 g/mol. The molecule has 0 aliphatic rings. The quantitative estimate of drug-likeness (QED) is 0.724. The largest absolute Gasteiger partial charge is 0.488 e. The molecule has 1 aromatic carbocycles. The number of hydrogen-bond acceptors (Lipinski definition) is 3. The number of methoxy groups -OCH3 is 1. The minimum atomic E-state index is -0.324. The first-order valence-corrected chi connectivity index (χ1v) is 6.24. The van der Waals surface area contributed by atoms with Gasteiger partial charge >= 0.3 is 0 Å². The van der Waals surface area contributed by atoms with Crippen molar-refractivity contribution in [2.24, 2.45) is 5.92 Å². The molecule has 0 radical (unpaired) electrons. The van der Waals surface area contributed by atoms with Crippen molar-refractivity contribution in [3.63, 3.8) is 0 Å². The summed E-state index contributed by atoms with van der Waals surface area (Å²) in [6.45, 7) is 6.69. The smallest absolute Gasteiger partial charge is 0.165 e. The van der Waals surface area contributed by atoms with E-state index in [9.17, 15) is 4.39 Å². The maximum absolute atomic E-state index is 13.7. The van der Waals surface area contributed by atoms with E-state index in [1.807, 2.05) is 6.07 Å². The minimum Gasteiger partial charge on any atom is -0.488 e. The van der Waals surface area contributed by atoms with Crippen molar-refractivity contribution in [2.75, 3.05) is 26.9 Å². The third-order valence-corrected chi connectivity index (χ3v) is 2.42. The van der Waals surface area contributed by atoms with Gasteiger partial charge in [0.1, 0.15) is 6.61 Å². The molecule has 1 aromatic rings. The summed E-state index contributed by atoms with van der Waals surface area (Å²) in [7, 11) is 1.59. The van der Waals surface area contributed by atoms with Crippen molar-refractivity contribution >= 4 is 0 Å². The highest BCUT2D eigenvalue weighted by atomic mass is 19.1. The normalized spacial score (nSPS) is 10.9. The number of hydrogen-bond donors (Lipinski definition) is 1. The van der Waals surface area contributed by atoms with Gasteiger partial charge in [-0.25, -0.2) is 4.39 Å². The Bertz CT molecular complexity index is 356. The lowest BCUT2D eigenvalue weighted by atomic mass is 10.2. The van der Waals surface area contributed by atoms with Gasteiger partial charge in [-0.15, -0.1) is 0 Å². The van der Waals surface area contributed by atoms with Crippen LogP contribution in [0.15, 0.2) is 18.2 Å². The molecule has 0 spiro atoms. The third kappa shape index (κ3) is 5.47. The SMILES string of the molecule is COCCOc1ccc(CNCC(C)C)cc1F. The molecule has 3 nitrogen and oxygen atoms in total. The van der Waals surface area contributed by atoms with Gasteiger partial charge in [-0.2, -0.15) is 0 Å². The fourth-order valence-electron chi connectivity index (χ4n) is 1.51. The molecule has 4 heteroatoms. The predicted molar refractivity (Wildman–Crippen MR) is 70.3 cm³/mol. The average Bonchev–Trinajstić information content (AvgIpc) is 2.31. The van der Waals surface area contributed by atoms with Crippen molar-refractivity contribution in [2.45, 2.75) is 20.4 Å². The van der Waals surface area contributed by atoms with Crippen LogP contribution in [0.1, 0.15) is 19.4 Å². The first kappa shape index (κ1) is 14.9. The van der Waals surface area contributed by atoms with E-state index in [1.54, 1.807) is 13.2 Å². The van der Waals surface area contributed by atoms with E-state index in [2.05, 4.69) is 19.2 Å². The van der Waals surface area contributed by atoms with Gasteiger partial charge in [0.25, 0.3) is 0 Å². The van der Waals surface area contributed by atoms with Gasteiger partial charge in [-0.1, -0.05) is 19.9 Å². The third-order valence-electron chi connectivity index (χ3n) is 2.42. The monoisotopic (exact) mass is 255 g/mol. The Morgan fingerprint density at radius 3 is 2.67 bits per heavy atom.